The number of hydrogen-bond acceptors (Lipinski definition) is 2. The van der Waals surface area contributed by atoms with E-state index in [4.69, 9.17) is 27.9 Å². The van der Waals surface area contributed by atoms with E-state index in [9.17, 15) is 0 Å². The van der Waals surface area contributed by atoms with Crippen molar-refractivity contribution in [3.63, 3.8) is 0 Å². The van der Waals surface area contributed by atoms with Gasteiger partial charge in [-0.05, 0) is 37.1 Å². The second-order valence-corrected chi connectivity index (χ2v) is 5.05. The summed E-state index contributed by atoms with van der Waals surface area (Å²) in [6.07, 6.45) is 1.08. The third kappa shape index (κ3) is 4.04. The van der Waals surface area contributed by atoms with Crippen molar-refractivity contribution in [3.05, 3.63) is 28.8 Å². The van der Waals surface area contributed by atoms with E-state index >= 15 is 0 Å². The lowest BCUT2D eigenvalue weighted by Gasteiger charge is -2.32. The molecule has 0 aliphatic heterocycles. The van der Waals surface area contributed by atoms with Gasteiger partial charge in [0.2, 0.25) is 0 Å². The summed E-state index contributed by atoms with van der Waals surface area (Å²) in [5.74, 6) is 0.468. The molecule has 2 nitrogen and oxygen atoms in total. The molecule has 0 heterocycles. The predicted octanol–water partition coefficient (Wildman–Crippen LogP) is 4.33. The maximum absolute atomic E-state index is 6.02. The van der Waals surface area contributed by atoms with E-state index in [0.29, 0.717) is 18.5 Å². The Hall–Kier alpha value is -0.440. The molecule has 1 aromatic carbocycles. The first-order valence-corrected chi connectivity index (χ1v) is 7.15. The van der Waals surface area contributed by atoms with Gasteiger partial charge in [0.15, 0.2) is 0 Å². The molecule has 0 fully saturated rings. The Morgan fingerprint density at radius 1 is 1.39 bits per heavy atom. The first-order valence-electron chi connectivity index (χ1n) is 6.24. The number of ether oxygens (including phenoxy) is 1. The van der Waals surface area contributed by atoms with Crippen LogP contribution in [0.2, 0.25) is 5.02 Å². The monoisotopic (exact) mass is 289 g/mol. The van der Waals surface area contributed by atoms with Crippen molar-refractivity contribution in [2.45, 2.75) is 32.2 Å². The predicted molar refractivity (Wildman–Crippen MR) is 80.0 cm³/mol. The molecule has 0 saturated heterocycles. The molecule has 18 heavy (non-hydrogen) atoms. The second-order valence-electron chi connectivity index (χ2n) is 4.35. The van der Waals surface area contributed by atoms with Crippen LogP contribution in [0.15, 0.2) is 18.2 Å². The third-order valence-corrected chi connectivity index (χ3v) is 3.68. The number of alkyl halides is 1. The summed E-state index contributed by atoms with van der Waals surface area (Å²) in [6, 6.07) is 6.34. The van der Waals surface area contributed by atoms with Crippen molar-refractivity contribution in [1.82, 2.24) is 0 Å². The molecule has 0 radical (unpaired) electrons. The highest BCUT2D eigenvalue weighted by Gasteiger charge is 2.16. The van der Waals surface area contributed by atoms with Crippen LogP contribution in [0.3, 0.4) is 0 Å². The second kappa shape index (κ2) is 7.88. The number of hydrogen-bond donors (Lipinski definition) is 0. The van der Waals surface area contributed by atoms with Gasteiger partial charge < -0.3 is 9.64 Å². The largest absolute Gasteiger partial charge is 0.383 e. The molecular formula is C14H21Cl2NO. The van der Waals surface area contributed by atoms with Crippen molar-refractivity contribution in [3.8, 4) is 0 Å². The van der Waals surface area contributed by atoms with Gasteiger partial charge in [0, 0.05) is 36.3 Å². The minimum atomic E-state index is 0.447. The Morgan fingerprint density at radius 3 is 2.67 bits per heavy atom. The van der Waals surface area contributed by atoms with Gasteiger partial charge in [-0.2, -0.15) is 0 Å². The molecule has 0 saturated carbocycles. The zero-order valence-corrected chi connectivity index (χ0v) is 12.8. The van der Waals surface area contributed by atoms with Crippen LogP contribution in [-0.4, -0.2) is 26.3 Å². The molecule has 1 aromatic rings. The minimum absolute atomic E-state index is 0.447. The molecular weight excluding hydrogens is 269 g/mol. The van der Waals surface area contributed by atoms with Crippen molar-refractivity contribution < 1.29 is 4.74 Å². The van der Waals surface area contributed by atoms with Crippen molar-refractivity contribution in [2.24, 2.45) is 0 Å². The lowest BCUT2D eigenvalue weighted by molar-refractivity contribution is 0.203. The Bertz CT molecular complexity index is 371. The molecule has 0 aliphatic rings. The standard InChI is InChI=1S/C14H21Cl2NO/c1-4-11(2)17(7-8-18-3)14-6-5-13(16)9-12(14)10-15/h5-6,9,11H,4,7-8,10H2,1-3H3. The summed E-state index contributed by atoms with van der Waals surface area (Å²) in [7, 11) is 1.72. The molecule has 0 N–H and O–H groups in total. The summed E-state index contributed by atoms with van der Waals surface area (Å²) in [4.78, 5) is 2.33. The quantitative estimate of drug-likeness (QED) is 0.693. The zero-order chi connectivity index (χ0) is 13.5. The van der Waals surface area contributed by atoms with Gasteiger partial charge in [0.05, 0.1) is 6.61 Å². The van der Waals surface area contributed by atoms with Crippen LogP contribution < -0.4 is 4.90 Å². The molecule has 1 unspecified atom stereocenters. The van der Waals surface area contributed by atoms with E-state index in [1.54, 1.807) is 7.11 Å². The molecule has 0 spiro atoms. The van der Waals surface area contributed by atoms with E-state index < -0.39 is 0 Å². The van der Waals surface area contributed by atoms with Gasteiger partial charge in [-0.1, -0.05) is 18.5 Å². The number of benzene rings is 1. The fourth-order valence-corrected chi connectivity index (χ4v) is 2.34. The first-order chi connectivity index (χ1) is 8.63. The number of halogens is 2. The van der Waals surface area contributed by atoms with Crippen LogP contribution in [0, 0.1) is 0 Å². The maximum atomic E-state index is 6.02. The molecule has 102 valence electrons. The number of rotatable bonds is 7. The summed E-state index contributed by atoms with van der Waals surface area (Å²) in [5, 5.41) is 0.727. The molecule has 1 rings (SSSR count). The average Bonchev–Trinajstić information content (AvgIpc) is 2.39. The SMILES string of the molecule is CCC(C)N(CCOC)c1ccc(Cl)cc1CCl. The number of nitrogens with zero attached hydrogens (tertiary/aromatic N) is 1. The van der Waals surface area contributed by atoms with E-state index in [-0.39, 0.29) is 0 Å². The Morgan fingerprint density at radius 2 is 2.11 bits per heavy atom. The Labute approximate surface area is 120 Å². The Balaban J connectivity index is 3.03. The van der Waals surface area contributed by atoms with Gasteiger partial charge in [-0.3, -0.25) is 0 Å². The van der Waals surface area contributed by atoms with Crippen LogP contribution in [0.5, 0.6) is 0 Å². The van der Waals surface area contributed by atoms with E-state index in [1.807, 2.05) is 18.2 Å². The fourth-order valence-electron chi connectivity index (χ4n) is 1.93. The topological polar surface area (TPSA) is 12.5 Å². The molecule has 1 atom stereocenters. The number of methoxy groups -OCH3 is 1. The van der Waals surface area contributed by atoms with Crippen LogP contribution in [0.4, 0.5) is 5.69 Å². The zero-order valence-electron chi connectivity index (χ0n) is 11.2. The lowest BCUT2D eigenvalue weighted by atomic mass is 10.1. The van der Waals surface area contributed by atoms with E-state index in [2.05, 4.69) is 18.7 Å². The van der Waals surface area contributed by atoms with E-state index in [1.165, 1.54) is 0 Å². The Kier molecular flexibility index (Phi) is 6.83. The van der Waals surface area contributed by atoms with E-state index in [0.717, 1.165) is 29.2 Å². The van der Waals surface area contributed by atoms with Crippen LogP contribution >= 0.6 is 23.2 Å². The van der Waals surface area contributed by atoms with Crippen LogP contribution in [0.1, 0.15) is 25.8 Å². The molecule has 0 bridgehead atoms. The molecule has 0 aromatic heterocycles. The average molecular weight is 290 g/mol. The summed E-state index contributed by atoms with van der Waals surface area (Å²) >= 11 is 12.0. The normalized spacial score (nSPS) is 12.5. The summed E-state index contributed by atoms with van der Waals surface area (Å²) in [5.41, 5.74) is 2.22. The maximum Gasteiger partial charge on any atom is 0.0637 e. The third-order valence-electron chi connectivity index (χ3n) is 3.15. The lowest BCUT2D eigenvalue weighted by Crippen LogP contribution is -2.36. The van der Waals surface area contributed by atoms with Crippen molar-refractivity contribution in [2.75, 3.05) is 25.2 Å². The minimum Gasteiger partial charge on any atom is -0.383 e. The van der Waals surface area contributed by atoms with Crippen molar-refractivity contribution >= 4 is 28.9 Å². The first kappa shape index (κ1) is 15.6. The highest BCUT2D eigenvalue weighted by molar-refractivity contribution is 6.30. The van der Waals surface area contributed by atoms with Gasteiger partial charge in [-0.15, -0.1) is 11.6 Å². The smallest absolute Gasteiger partial charge is 0.0637 e. The van der Waals surface area contributed by atoms with Gasteiger partial charge in [0.1, 0.15) is 0 Å². The fraction of sp³-hybridized carbons (Fsp3) is 0.571. The van der Waals surface area contributed by atoms with Gasteiger partial charge in [-0.25, -0.2) is 0 Å². The van der Waals surface area contributed by atoms with Crippen LogP contribution in [-0.2, 0) is 10.6 Å². The van der Waals surface area contributed by atoms with Crippen LogP contribution in [0.25, 0.3) is 0 Å². The summed E-state index contributed by atoms with van der Waals surface area (Å²) < 4.78 is 5.18. The molecule has 0 amide bonds. The van der Waals surface area contributed by atoms with Crippen molar-refractivity contribution in [1.29, 1.82) is 0 Å². The molecule has 4 heteroatoms. The number of anilines is 1. The summed E-state index contributed by atoms with van der Waals surface area (Å²) in [6.45, 7) is 5.95. The van der Waals surface area contributed by atoms with Gasteiger partial charge in [0.25, 0.3) is 0 Å². The molecule has 0 aliphatic carbocycles. The highest BCUT2D eigenvalue weighted by Crippen LogP contribution is 2.27. The van der Waals surface area contributed by atoms with Gasteiger partial charge >= 0.3 is 0 Å². The highest BCUT2D eigenvalue weighted by atomic mass is 35.5.